The molecule has 2 aromatic rings. The quantitative estimate of drug-likeness (QED) is 0.715. The van der Waals surface area contributed by atoms with Crippen molar-refractivity contribution < 1.29 is 9.59 Å². The van der Waals surface area contributed by atoms with E-state index in [1.165, 1.54) is 12.8 Å². The third-order valence-corrected chi connectivity index (χ3v) is 5.23. The first kappa shape index (κ1) is 16.9. The first-order valence-corrected chi connectivity index (χ1v) is 9.03. The van der Waals surface area contributed by atoms with Gasteiger partial charge in [-0.25, -0.2) is 0 Å². The van der Waals surface area contributed by atoms with Crippen molar-refractivity contribution in [3.8, 4) is 0 Å². The van der Waals surface area contributed by atoms with Crippen LogP contribution in [0.2, 0.25) is 0 Å². The maximum atomic E-state index is 12.9. The van der Waals surface area contributed by atoms with E-state index in [1.54, 1.807) is 35.2 Å². The third kappa shape index (κ3) is 3.44. The van der Waals surface area contributed by atoms with Gasteiger partial charge in [-0.05, 0) is 43.2 Å². The molecule has 3 nitrogen and oxygen atoms in total. The lowest BCUT2D eigenvalue weighted by molar-refractivity contribution is 0.0731. The van der Waals surface area contributed by atoms with Gasteiger partial charge in [0.1, 0.15) is 0 Å². The highest BCUT2D eigenvalue weighted by Gasteiger charge is 2.27. The molecule has 2 aromatic carbocycles. The number of carbonyl (C=O) groups is 2. The van der Waals surface area contributed by atoms with Crippen LogP contribution in [0.15, 0.2) is 53.0 Å². The molecule has 1 aliphatic rings. The van der Waals surface area contributed by atoms with Crippen LogP contribution in [0.4, 0.5) is 0 Å². The van der Waals surface area contributed by atoms with Crippen molar-refractivity contribution in [2.75, 3.05) is 7.05 Å². The molecule has 0 heterocycles. The topological polar surface area (TPSA) is 37.4 Å². The van der Waals surface area contributed by atoms with Gasteiger partial charge < -0.3 is 4.90 Å². The summed E-state index contributed by atoms with van der Waals surface area (Å²) in [4.78, 5) is 27.6. The number of nitrogens with zero attached hydrogens (tertiary/aromatic N) is 1. The molecule has 3 rings (SSSR count). The Balaban J connectivity index is 1.91. The van der Waals surface area contributed by atoms with Gasteiger partial charge in [-0.15, -0.1) is 0 Å². The summed E-state index contributed by atoms with van der Waals surface area (Å²) in [6.07, 6.45) is 4.43. The fourth-order valence-electron chi connectivity index (χ4n) is 3.27. The molecule has 1 saturated carbocycles. The minimum absolute atomic E-state index is 0.0667. The first-order chi connectivity index (χ1) is 11.6. The van der Waals surface area contributed by atoms with Gasteiger partial charge >= 0.3 is 0 Å². The van der Waals surface area contributed by atoms with Crippen LogP contribution in [0, 0.1) is 0 Å². The number of carbonyl (C=O) groups excluding carboxylic acids is 2. The zero-order chi connectivity index (χ0) is 17.1. The maximum Gasteiger partial charge on any atom is 0.254 e. The second-order valence-corrected chi connectivity index (χ2v) is 7.15. The monoisotopic (exact) mass is 385 g/mol. The molecule has 0 bridgehead atoms. The molecule has 0 saturated heterocycles. The van der Waals surface area contributed by atoms with Crippen molar-refractivity contribution in [3.63, 3.8) is 0 Å². The van der Waals surface area contributed by atoms with Gasteiger partial charge in [0.2, 0.25) is 0 Å². The second-order valence-electron chi connectivity index (χ2n) is 6.24. The predicted molar refractivity (Wildman–Crippen MR) is 98.4 cm³/mol. The summed E-state index contributed by atoms with van der Waals surface area (Å²) < 4.78 is 0.921. The van der Waals surface area contributed by atoms with E-state index >= 15 is 0 Å². The lowest BCUT2D eigenvalue weighted by Crippen LogP contribution is -2.36. The molecule has 0 aromatic heterocycles. The highest BCUT2D eigenvalue weighted by Crippen LogP contribution is 2.25. The highest BCUT2D eigenvalue weighted by molar-refractivity contribution is 9.10. The van der Waals surface area contributed by atoms with E-state index < -0.39 is 0 Å². The smallest absolute Gasteiger partial charge is 0.254 e. The van der Waals surface area contributed by atoms with E-state index in [4.69, 9.17) is 0 Å². The summed E-state index contributed by atoms with van der Waals surface area (Å²) in [5.41, 5.74) is 1.54. The SMILES string of the molecule is CN(C(=O)c1ccccc1C(=O)c1ccc(Br)cc1)C1CCCC1. The van der Waals surface area contributed by atoms with Crippen LogP contribution in [-0.2, 0) is 0 Å². The van der Waals surface area contributed by atoms with E-state index in [-0.39, 0.29) is 17.7 Å². The number of hydrogen-bond donors (Lipinski definition) is 0. The average molecular weight is 386 g/mol. The maximum absolute atomic E-state index is 12.9. The molecule has 1 fully saturated rings. The third-order valence-electron chi connectivity index (χ3n) is 4.70. The number of rotatable bonds is 4. The van der Waals surface area contributed by atoms with Crippen molar-refractivity contribution in [1.82, 2.24) is 4.90 Å². The van der Waals surface area contributed by atoms with Crippen LogP contribution in [-0.4, -0.2) is 29.7 Å². The Labute approximate surface area is 150 Å². The van der Waals surface area contributed by atoms with E-state index in [9.17, 15) is 9.59 Å². The molecule has 0 unspecified atom stereocenters. The van der Waals surface area contributed by atoms with Gasteiger partial charge in [0.25, 0.3) is 5.91 Å². The summed E-state index contributed by atoms with van der Waals surface area (Å²) in [5, 5.41) is 0. The minimum atomic E-state index is -0.119. The van der Waals surface area contributed by atoms with Crippen LogP contribution >= 0.6 is 15.9 Å². The van der Waals surface area contributed by atoms with E-state index in [2.05, 4.69) is 15.9 Å². The van der Waals surface area contributed by atoms with Crippen LogP contribution in [0.1, 0.15) is 52.0 Å². The number of amides is 1. The largest absolute Gasteiger partial charge is 0.339 e. The molecule has 0 radical (unpaired) electrons. The summed E-state index contributed by atoms with van der Waals surface area (Å²) in [7, 11) is 1.85. The molecule has 124 valence electrons. The summed E-state index contributed by atoms with van der Waals surface area (Å²) in [5.74, 6) is -0.186. The molecular weight excluding hydrogens is 366 g/mol. The predicted octanol–water partition coefficient (Wildman–Crippen LogP) is 4.69. The molecule has 0 spiro atoms. The highest BCUT2D eigenvalue weighted by atomic mass is 79.9. The zero-order valence-corrected chi connectivity index (χ0v) is 15.3. The second kappa shape index (κ2) is 7.31. The molecule has 0 atom stereocenters. The number of ketones is 1. The summed E-state index contributed by atoms with van der Waals surface area (Å²) in [6, 6.07) is 14.6. The van der Waals surface area contributed by atoms with Gasteiger partial charge in [-0.3, -0.25) is 9.59 Å². The molecule has 1 amide bonds. The lowest BCUT2D eigenvalue weighted by Gasteiger charge is -2.25. The molecule has 0 N–H and O–H groups in total. The number of benzene rings is 2. The lowest BCUT2D eigenvalue weighted by atomic mass is 9.97. The molecule has 1 aliphatic carbocycles. The Morgan fingerprint density at radius 1 is 0.958 bits per heavy atom. The van der Waals surface area contributed by atoms with Gasteiger partial charge in [0.05, 0.1) is 5.56 Å². The molecule has 0 aliphatic heterocycles. The first-order valence-electron chi connectivity index (χ1n) is 8.24. The Morgan fingerprint density at radius 3 is 2.17 bits per heavy atom. The standard InChI is InChI=1S/C20H20BrNO2/c1-22(16-6-2-3-7-16)20(24)18-9-5-4-8-17(18)19(23)14-10-12-15(21)13-11-14/h4-5,8-13,16H,2-3,6-7H2,1H3. The summed E-state index contributed by atoms with van der Waals surface area (Å²) >= 11 is 3.37. The van der Waals surface area contributed by atoms with Gasteiger partial charge in [0, 0.05) is 28.7 Å². The van der Waals surface area contributed by atoms with Crippen molar-refractivity contribution >= 4 is 27.6 Å². The van der Waals surface area contributed by atoms with Gasteiger partial charge in [-0.1, -0.05) is 47.0 Å². The van der Waals surface area contributed by atoms with E-state index in [0.29, 0.717) is 16.7 Å². The summed E-state index contributed by atoms with van der Waals surface area (Å²) in [6.45, 7) is 0. The number of halogens is 1. The van der Waals surface area contributed by atoms with Crippen LogP contribution in [0.25, 0.3) is 0 Å². The zero-order valence-electron chi connectivity index (χ0n) is 13.7. The normalized spacial score (nSPS) is 14.6. The Morgan fingerprint density at radius 2 is 1.54 bits per heavy atom. The molecule has 4 heteroatoms. The fourth-order valence-corrected chi connectivity index (χ4v) is 3.54. The fraction of sp³-hybridized carbons (Fsp3) is 0.300. The average Bonchev–Trinajstić information content (AvgIpc) is 3.15. The van der Waals surface area contributed by atoms with Gasteiger partial charge in [0.15, 0.2) is 5.78 Å². The minimum Gasteiger partial charge on any atom is -0.339 e. The Kier molecular flexibility index (Phi) is 5.14. The van der Waals surface area contributed by atoms with Crippen LogP contribution in [0.3, 0.4) is 0 Å². The van der Waals surface area contributed by atoms with Crippen LogP contribution < -0.4 is 0 Å². The van der Waals surface area contributed by atoms with E-state index in [0.717, 1.165) is 17.3 Å². The van der Waals surface area contributed by atoms with Crippen molar-refractivity contribution in [1.29, 1.82) is 0 Å². The Bertz CT molecular complexity index is 748. The number of hydrogen-bond acceptors (Lipinski definition) is 2. The van der Waals surface area contributed by atoms with Crippen molar-refractivity contribution in [2.45, 2.75) is 31.7 Å². The molecule has 24 heavy (non-hydrogen) atoms. The molecular formula is C20H20BrNO2. The van der Waals surface area contributed by atoms with Crippen LogP contribution in [0.5, 0.6) is 0 Å². The van der Waals surface area contributed by atoms with Crippen molar-refractivity contribution in [2.24, 2.45) is 0 Å². The van der Waals surface area contributed by atoms with E-state index in [1.807, 2.05) is 25.2 Å². The van der Waals surface area contributed by atoms with Crippen molar-refractivity contribution in [3.05, 3.63) is 69.7 Å². The van der Waals surface area contributed by atoms with Gasteiger partial charge in [-0.2, -0.15) is 0 Å². The Hall–Kier alpha value is -1.94.